The molecule has 0 saturated heterocycles. The normalized spacial score (nSPS) is 13.8. The molecule has 0 amide bonds. The number of halogens is 3. The van der Waals surface area contributed by atoms with Crippen LogP contribution in [0.15, 0.2) is 72.4 Å². The predicted octanol–water partition coefficient (Wildman–Crippen LogP) is 5.95. The van der Waals surface area contributed by atoms with Crippen LogP contribution >= 0.6 is 23.2 Å². The Morgan fingerprint density at radius 3 is 2.54 bits per heavy atom. The van der Waals surface area contributed by atoms with Crippen LogP contribution in [0, 0.1) is 5.82 Å². The molecule has 1 aliphatic heterocycles. The molecule has 0 aromatic heterocycles. The Morgan fingerprint density at radius 1 is 1.07 bits per heavy atom. The van der Waals surface area contributed by atoms with Gasteiger partial charge < -0.3 is 19.7 Å². The Kier molecular flexibility index (Phi) is 6.17. The van der Waals surface area contributed by atoms with E-state index < -0.39 is 5.82 Å². The quantitative estimate of drug-likeness (QED) is 0.625. The molecule has 7 heteroatoms. The lowest BCUT2D eigenvalue weighted by Gasteiger charge is -2.30. The Morgan fingerprint density at radius 2 is 1.86 bits per heavy atom. The third kappa shape index (κ3) is 4.43. The van der Waals surface area contributed by atoms with E-state index in [-0.39, 0.29) is 5.02 Å². The first-order valence-electron chi connectivity index (χ1n) is 8.39. The van der Waals surface area contributed by atoms with Gasteiger partial charge in [0.15, 0.2) is 0 Å². The monoisotopic (exact) mass is 420 g/mol. The van der Waals surface area contributed by atoms with Crippen molar-refractivity contribution in [1.82, 2.24) is 4.90 Å². The van der Waals surface area contributed by atoms with Crippen molar-refractivity contribution >= 4 is 28.9 Å². The van der Waals surface area contributed by atoms with E-state index in [9.17, 15) is 4.39 Å². The van der Waals surface area contributed by atoms with E-state index in [2.05, 4.69) is 11.9 Å². The molecule has 1 N–H and O–H groups in total. The number of ether oxygens (including phenoxy) is 2. The highest BCUT2D eigenvalue weighted by molar-refractivity contribution is 6.33. The van der Waals surface area contributed by atoms with Crippen LogP contribution < -0.4 is 10.1 Å². The van der Waals surface area contributed by atoms with E-state index in [1.807, 2.05) is 17.2 Å². The standard InChI is InChI=1S/C21H19Cl2FN2O2/c1-13-8-21(25-19-10-15(27-2)5-6-16(19)22)26(12-20(13)28-3)11-14-4-7-18(24)17(23)9-14/h4-10,12,25H,1,11H2,2-3H3. The average Bonchev–Trinajstić information content (AvgIpc) is 2.68. The van der Waals surface area contributed by atoms with Gasteiger partial charge in [-0.3, -0.25) is 0 Å². The van der Waals surface area contributed by atoms with Crippen LogP contribution in [0.4, 0.5) is 10.1 Å². The molecule has 0 spiro atoms. The average molecular weight is 421 g/mol. The zero-order valence-corrected chi connectivity index (χ0v) is 16.9. The Bertz CT molecular complexity index is 973. The molecule has 0 fully saturated rings. The molecule has 0 unspecified atom stereocenters. The van der Waals surface area contributed by atoms with Crippen molar-refractivity contribution in [2.24, 2.45) is 0 Å². The summed E-state index contributed by atoms with van der Waals surface area (Å²) in [5.41, 5.74) is 2.21. The molecule has 2 aromatic carbocycles. The third-order valence-corrected chi connectivity index (χ3v) is 4.82. The topological polar surface area (TPSA) is 33.7 Å². The summed E-state index contributed by atoms with van der Waals surface area (Å²) in [6.07, 6.45) is 3.66. The molecule has 0 atom stereocenters. The molecule has 1 heterocycles. The maximum absolute atomic E-state index is 13.5. The lowest BCUT2D eigenvalue weighted by molar-refractivity contribution is 0.284. The van der Waals surface area contributed by atoms with Crippen molar-refractivity contribution in [3.05, 3.63) is 93.8 Å². The Labute approximate surface area is 173 Å². The van der Waals surface area contributed by atoms with Crippen LogP contribution in [0.25, 0.3) is 0 Å². The summed E-state index contributed by atoms with van der Waals surface area (Å²) in [5.74, 6) is 1.56. The number of methoxy groups -OCH3 is 2. The van der Waals surface area contributed by atoms with E-state index in [1.54, 1.807) is 44.6 Å². The highest BCUT2D eigenvalue weighted by Gasteiger charge is 2.19. The van der Waals surface area contributed by atoms with Crippen molar-refractivity contribution in [3.8, 4) is 5.75 Å². The van der Waals surface area contributed by atoms with Crippen LogP contribution in [0.3, 0.4) is 0 Å². The van der Waals surface area contributed by atoms with Gasteiger partial charge in [-0.05, 0) is 35.9 Å². The van der Waals surface area contributed by atoms with E-state index in [0.717, 1.165) is 11.4 Å². The summed E-state index contributed by atoms with van der Waals surface area (Å²) < 4.78 is 24.1. The minimum atomic E-state index is -0.456. The van der Waals surface area contributed by atoms with Crippen molar-refractivity contribution in [2.75, 3.05) is 19.5 Å². The second-order valence-corrected chi connectivity index (χ2v) is 6.91. The van der Waals surface area contributed by atoms with E-state index >= 15 is 0 Å². The highest BCUT2D eigenvalue weighted by atomic mass is 35.5. The smallest absolute Gasteiger partial charge is 0.141 e. The molecule has 0 saturated carbocycles. The first kappa shape index (κ1) is 20.1. The first-order chi connectivity index (χ1) is 13.4. The van der Waals surface area contributed by atoms with Gasteiger partial charge in [0.1, 0.15) is 23.1 Å². The van der Waals surface area contributed by atoms with Crippen LogP contribution in [-0.2, 0) is 11.3 Å². The van der Waals surface area contributed by atoms with Crippen LogP contribution in [0.5, 0.6) is 5.75 Å². The Hall–Kier alpha value is -2.63. The fourth-order valence-corrected chi connectivity index (χ4v) is 3.10. The van der Waals surface area contributed by atoms with Gasteiger partial charge in [0.2, 0.25) is 0 Å². The zero-order chi connectivity index (χ0) is 20.3. The number of allylic oxidation sites excluding steroid dienone is 1. The second-order valence-electron chi connectivity index (χ2n) is 6.10. The lowest BCUT2D eigenvalue weighted by Crippen LogP contribution is -2.25. The van der Waals surface area contributed by atoms with Gasteiger partial charge in [0, 0.05) is 24.4 Å². The SMILES string of the molecule is C=C1C=C(Nc2cc(OC)ccc2Cl)N(Cc2ccc(F)c(Cl)c2)C=C1OC. The molecular formula is C21H19Cl2FN2O2. The van der Waals surface area contributed by atoms with Crippen molar-refractivity contribution in [2.45, 2.75) is 6.54 Å². The number of hydrogen-bond donors (Lipinski definition) is 1. The molecule has 2 aromatic rings. The first-order valence-corrected chi connectivity index (χ1v) is 9.14. The fourth-order valence-electron chi connectivity index (χ4n) is 2.74. The summed E-state index contributed by atoms with van der Waals surface area (Å²) in [6.45, 7) is 4.45. The van der Waals surface area contributed by atoms with Gasteiger partial charge in [-0.15, -0.1) is 0 Å². The number of hydrogen-bond acceptors (Lipinski definition) is 4. The number of nitrogens with zero attached hydrogens (tertiary/aromatic N) is 1. The minimum Gasteiger partial charge on any atom is -0.497 e. The molecule has 4 nitrogen and oxygen atoms in total. The van der Waals surface area contributed by atoms with Crippen molar-refractivity contribution in [1.29, 1.82) is 0 Å². The number of rotatable bonds is 6. The van der Waals surface area contributed by atoms with Crippen molar-refractivity contribution in [3.63, 3.8) is 0 Å². The third-order valence-electron chi connectivity index (χ3n) is 4.20. The molecule has 1 aliphatic rings. The summed E-state index contributed by atoms with van der Waals surface area (Å²) in [5, 5.41) is 3.92. The molecular weight excluding hydrogens is 402 g/mol. The lowest BCUT2D eigenvalue weighted by atomic mass is 10.1. The number of nitrogens with one attached hydrogen (secondary N) is 1. The minimum absolute atomic E-state index is 0.0733. The molecule has 0 bridgehead atoms. The predicted molar refractivity (Wildman–Crippen MR) is 111 cm³/mol. The van der Waals surface area contributed by atoms with E-state index in [1.165, 1.54) is 6.07 Å². The van der Waals surface area contributed by atoms with Crippen molar-refractivity contribution < 1.29 is 13.9 Å². The van der Waals surface area contributed by atoms with Gasteiger partial charge in [0.05, 0.1) is 30.0 Å². The Balaban J connectivity index is 1.92. The summed E-state index contributed by atoms with van der Waals surface area (Å²) in [4.78, 5) is 1.91. The maximum atomic E-state index is 13.5. The zero-order valence-electron chi connectivity index (χ0n) is 15.4. The fraction of sp³-hybridized carbons (Fsp3) is 0.143. The molecule has 0 aliphatic carbocycles. The van der Waals surface area contributed by atoms with Crippen LogP contribution in [-0.4, -0.2) is 19.1 Å². The van der Waals surface area contributed by atoms with E-state index in [0.29, 0.717) is 34.3 Å². The number of benzene rings is 2. The van der Waals surface area contributed by atoms with Crippen LogP contribution in [0.2, 0.25) is 10.0 Å². The maximum Gasteiger partial charge on any atom is 0.141 e. The van der Waals surface area contributed by atoms with Crippen LogP contribution in [0.1, 0.15) is 5.56 Å². The second kappa shape index (κ2) is 8.59. The summed E-state index contributed by atoms with van der Waals surface area (Å²) >= 11 is 12.2. The molecule has 3 rings (SSSR count). The van der Waals surface area contributed by atoms with E-state index in [4.69, 9.17) is 32.7 Å². The molecule has 0 radical (unpaired) electrons. The summed E-state index contributed by atoms with van der Waals surface area (Å²) in [7, 11) is 3.17. The van der Waals surface area contributed by atoms with Gasteiger partial charge in [-0.1, -0.05) is 35.8 Å². The van der Waals surface area contributed by atoms with Gasteiger partial charge >= 0.3 is 0 Å². The van der Waals surface area contributed by atoms with Gasteiger partial charge in [-0.2, -0.15) is 0 Å². The molecule has 146 valence electrons. The highest BCUT2D eigenvalue weighted by Crippen LogP contribution is 2.31. The largest absolute Gasteiger partial charge is 0.497 e. The number of anilines is 1. The van der Waals surface area contributed by atoms with Gasteiger partial charge in [-0.25, -0.2) is 4.39 Å². The van der Waals surface area contributed by atoms with Gasteiger partial charge in [0.25, 0.3) is 0 Å². The summed E-state index contributed by atoms with van der Waals surface area (Å²) in [6, 6.07) is 9.95. The molecule has 28 heavy (non-hydrogen) atoms.